The fourth-order valence-electron chi connectivity index (χ4n) is 3.58. The molecular weight excluding hydrogens is 438 g/mol. The molecule has 1 N–H and O–H groups in total. The standard InChI is InChI=1S/C23H23N7O4/c1-14-5-7-16(8-6-14)13-29-19-20(27(3)23(32)28(4)21(19)31)24-22(29)26-25-15(2)17-9-11-18(12-10-17)30(33)34/h5-12H,13H2,1-4H3,(H,24,26)/b25-15-. The highest BCUT2D eigenvalue weighted by atomic mass is 16.6. The Morgan fingerprint density at radius 1 is 1.06 bits per heavy atom. The molecule has 0 aliphatic rings. The number of imidazole rings is 1. The quantitative estimate of drug-likeness (QED) is 0.267. The molecule has 11 nitrogen and oxygen atoms in total. The number of fused-ring (bicyclic) bond motifs is 1. The monoisotopic (exact) mass is 461 g/mol. The third-order valence-electron chi connectivity index (χ3n) is 5.63. The molecule has 34 heavy (non-hydrogen) atoms. The minimum atomic E-state index is -0.477. The number of non-ortho nitro benzene ring substituents is 1. The fourth-order valence-corrected chi connectivity index (χ4v) is 3.58. The van der Waals surface area contributed by atoms with E-state index in [1.807, 2.05) is 31.2 Å². The summed E-state index contributed by atoms with van der Waals surface area (Å²) in [4.78, 5) is 40.3. The average molecular weight is 461 g/mol. The Morgan fingerprint density at radius 2 is 1.71 bits per heavy atom. The van der Waals surface area contributed by atoms with Gasteiger partial charge in [0.15, 0.2) is 11.2 Å². The molecular formula is C23H23N7O4. The van der Waals surface area contributed by atoms with Crippen LogP contribution >= 0.6 is 0 Å². The van der Waals surface area contributed by atoms with Gasteiger partial charge in [0, 0.05) is 26.2 Å². The predicted molar refractivity (Wildman–Crippen MR) is 129 cm³/mol. The highest BCUT2D eigenvalue weighted by Gasteiger charge is 2.19. The number of aromatic nitrogens is 4. The SMILES string of the molecule is C/C(=N/Nc1nc2c(c(=O)n(C)c(=O)n2C)n1Cc1ccc(C)cc1)c1ccc([N+](=O)[O-])cc1. The second kappa shape index (κ2) is 8.77. The van der Waals surface area contributed by atoms with Crippen LogP contribution < -0.4 is 16.7 Å². The summed E-state index contributed by atoms with van der Waals surface area (Å²) in [5, 5.41) is 15.3. The van der Waals surface area contributed by atoms with Crippen LogP contribution in [0.25, 0.3) is 11.2 Å². The Bertz CT molecular complexity index is 1540. The van der Waals surface area contributed by atoms with Crippen molar-refractivity contribution in [2.24, 2.45) is 19.2 Å². The molecule has 0 aliphatic heterocycles. The van der Waals surface area contributed by atoms with Crippen molar-refractivity contribution >= 4 is 28.5 Å². The fraction of sp³-hybridized carbons (Fsp3) is 0.217. The maximum Gasteiger partial charge on any atom is 0.332 e. The molecule has 0 amide bonds. The number of nitro benzene ring substituents is 1. The van der Waals surface area contributed by atoms with Crippen molar-refractivity contribution in [2.45, 2.75) is 20.4 Å². The summed E-state index contributed by atoms with van der Waals surface area (Å²) in [6.07, 6.45) is 0. The third kappa shape index (κ3) is 4.10. The molecule has 2 aromatic heterocycles. The lowest BCUT2D eigenvalue weighted by Gasteiger charge is -2.10. The van der Waals surface area contributed by atoms with Gasteiger partial charge >= 0.3 is 5.69 Å². The maximum atomic E-state index is 13.0. The highest BCUT2D eigenvalue weighted by molar-refractivity contribution is 5.99. The molecule has 2 aromatic carbocycles. The van der Waals surface area contributed by atoms with E-state index < -0.39 is 16.2 Å². The van der Waals surface area contributed by atoms with Crippen LogP contribution in [0, 0.1) is 17.0 Å². The summed E-state index contributed by atoms with van der Waals surface area (Å²) in [5.41, 5.74) is 5.77. The van der Waals surface area contributed by atoms with Crippen LogP contribution in [0.5, 0.6) is 0 Å². The number of hydrazone groups is 1. The van der Waals surface area contributed by atoms with Crippen LogP contribution in [-0.2, 0) is 20.6 Å². The van der Waals surface area contributed by atoms with Gasteiger partial charge in [-0.05, 0) is 37.1 Å². The Labute approximate surface area is 193 Å². The molecule has 4 rings (SSSR count). The Kier molecular flexibility index (Phi) is 5.84. The van der Waals surface area contributed by atoms with Gasteiger partial charge in [0.25, 0.3) is 11.2 Å². The molecule has 0 saturated heterocycles. The Hall–Kier alpha value is -4.54. The zero-order valence-corrected chi connectivity index (χ0v) is 19.1. The Morgan fingerprint density at radius 3 is 2.32 bits per heavy atom. The van der Waals surface area contributed by atoms with Crippen LogP contribution in [-0.4, -0.2) is 29.3 Å². The van der Waals surface area contributed by atoms with E-state index in [4.69, 9.17) is 0 Å². The van der Waals surface area contributed by atoms with Gasteiger partial charge < -0.3 is 0 Å². The number of anilines is 1. The van der Waals surface area contributed by atoms with E-state index in [0.29, 0.717) is 17.8 Å². The van der Waals surface area contributed by atoms with Crippen LogP contribution in [0.4, 0.5) is 11.6 Å². The molecule has 0 aliphatic carbocycles. The van der Waals surface area contributed by atoms with E-state index in [1.54, 1.807) is 30.7 Å². The first-order valence-electron chi connectivity index (χ1n) is 10.4. The molecule has 4 aromatic rings. The van der Waals surface area contributed by atoms with Gasteiger partial charge in [0.2, 0.25) is 5.95 Å². The zero-order chi connectivity index (χ0) is 24.6. The molecule has 174 valence electrons. The molecule has 0 saturated carbocycles. The van der Waals surface area contributed by atoms with Gasteiger partial charge in [-0.2, -0.15) is 10.1 Å². The summed E-state index contributed by atoms with van der Waals surface area (Å²) in [6, 6.07) is 13.9. The van der Waals surface area contributed by atoms with Gasteiger partial charge in [-0.25, -0.2) is 10.2 Å². The van der Waals surface area contributed by atoms with Gasteiger partial charge in [0.05, 0.1) is 17.2 Å². The van der Waals surface area contributed by atoms with Crippen molar-refractivity contribution in [3.8, 4) is 0 Å². The van der Waals surface area contributed by atoms with E-state index in [2.05, 4.69) is 15.5 Å². The maximum absolute atomic E-state index is 13.0. The van der Waals surface area contributed by atoms with Crippen molar-refractivity contribution in [2.75, 3.05) is 5.43 Å². The number of hydrogen-bond donors (Lipinski definition) is 1. The largest absolute Gasteiger partial charge is 0.332 e. The number of nitro groups is 1. The van der Waals surface area contributed by atoms with E-state index in [0.717, 1.165) is 15.7 Å². The summed E-state index contributed by atoms with van der Waals surface area (Å²) >= 11 is 0. The first kappa shape index (κ1) is 22.6. The van der Waals surface area contributed by atoms with Crippen LogP contribution in [0.1, 0.15) is 23.6 Å². The third-order valence-corrected chi connectivity index (χ3v) is 5.63. The lowest BCUT2D eigenvalue weighted by atomic mass is 10.1. The minimum Gasteiger partial charge on any atom is -0.298 e. The van der Waals surface area contributed by atoms with Crippen molar-refractivity contribution in [3.05, 3.63) is 96.2 Å². The molecule has 0 atom stereocenters. The van der Waals surface area contributed by atoms with E-state index in [-0.39, 0.29) is 22.8 Å². The lowest BCUT2D eigenvalue weighted by Crippen LogP contribution is -2.37. The molecule has 11 heteroatoms. The van der Waals surface area contributed by atoms with Crippen LogP contribution in [0.3, 0.4) is 0 Å². The summed E-state index contributed by atoms with van der Waals surface area (Å²) in [6.45, 7) is 4.07. The molecule has 0 spiro atoms. The number of nitrogens with zero attached hydrogens (tertiary/aromatic N) is 6. The number of benzene rings is 2. The molecule has 0 fully saturated rings. The number of hydrogen-bond acceptors (Lipinski definition) is 7. The number of nitrogens with one attached hydrogen (secondary N) is 1. The van der Waals surface area contributed by atoms with E-state index >= 15 is 0 Å². The summed E-state index contributed by atoms with van der Waals surface area (Å²) < 4.78 is 4.06. The van der Waals surface area contributed by atoms with Crippen molar-refractivity contribution < 1.29 is 4.92 Å². The second-order valence-corrected chi connectivity index (χ2v) is 8.00. The van der Waals surface area contributed by atoms with Gasteiger partial charge in [-0.1, -0.05) is 29.8 Å². The zero-order valence-electron chi connectivity index (χ0n) is 19.1. The second-order valence-electron chi connectivity index (χ2n) is 8.00. The topological polar surface area (TPSA) is 129 Å². The average Bonchev–Trinajstić information content (AvgIpc) is 3.19. The van der Waals surface area contributed by atoms with Gasteiger partial charge in [-0.3, -0.25) is 28.6 Å². The number of aryl methyl sites for hydroxylation is 2. The number of rotatable bonds is 6. The lowest BCUT2D eigenvalue weighted by molar-refractivity contribution is -0.384. The first-order valence-corrected chi connectivity index (χ1v) is 10.4. The summed E-state index contributed by atoms with van der Waals surface area (Å²) in [5.74, 6) is 0.287. The smallest absolute Gasteiger partial charge is 0.298 e. The van der Waals surface area contributed by atoms with Crippen molar-refractivity contribution in [3.63, 3.8) is 0 Å². The van der Waals surface area contributed by atoms with Gasteiger partial charge in [-0.15, -0.1) is 0 Å². The van der Waals surface area contributed by atoms with E-state index in [1.165, 1.54) is 23.7 Å². The van der Waals surface area contributed by atoms with E-state index in [9.17, 15) is 19.7 Å². The summed E-state index contributed by atoms with van der Waals surface area (Å²) in [7, 11) is 2.99. The van der Waals surface area contributed by atoms with Crippen LogP contribution in [0.15, 0.2) is 63.2 Å². The van der Waals surface area contributed by atoms with Crippen molar-refractivity contribution in [1.82, 2.24) is 18.7 Å². The van der Waals surface area contributed by atoms with Crippen molar-refractivity contribution in [1.29, 1.82) is 0 Å². The first-order chi connectivity index (χ1) is 16.2. The van der Waals surface area contributed by atoms with Gasteiger partial charge in [0.1, 0.15) is 0 Å². The highest BCUT2D eigenvalue weighted by Crippen LogP contribution is 2.19. The molecule has 2 heterocycles. The van der Waals surface area contributed by atoms with Crippen LogP contribution in [0.2, 0.25) is 0 Å². The molecule has 0 unspecified atom stereocenters. The predicted octanol–water partition coefficient (Wildman–Crippen LogP) is 2.53. The normalized spacial score (nSPS) is 11.7. The Balaban J connectivity index is 1.80. The molecule has 0 bridgehead atoms. The minimum absolute atomic E-state index is 0.0128. The molecule has 0 radical (unpaired) electrons.